The minimum Gasteiger partial charge on any atom is -0.105 e. The SMILES string of the molecule is C=C(Cl)/C=C(C=[N+]=CC)/C=C/CC/C=C(/C)CCC. The Hall–Kier alpha value is -1.30. The maximum Gasteiger partial charge on any atom is 0.299 e. The number of unbranched alkanes of at least 4 members (excludes halogenated alkanes) is 1. The van der Waals surface area contributed by atoms with Gasteiger partial charge >= 0.3 is 0 Å². The fourth-order valence-corrected chi connectivity index (χ4v) is 1.74. The zero-order chi connectivity index (χ0) is 14.5. The third kappa shape index (κ3) is 11.5. The van der Waals surface area contributed by atoms with Crippen LogP contribution in [0.25, 0.3) is 0 Å². The number of halogens is 1. The first-order chi connectivity index (χ1) is 9.10. The lowest BCUT2D eigenvalue weighted by atomic mass is 10.1. The number of hydrogen-bond donors (Lipinski definition) is 0. The van der Waals surface area contributed by atoms with Crippen LogP contribution in [0.15, 0.2) is 47.1 Å². The second-order valence-electron chi connectivity index (χ2n) is 4.41. The highest BCUT2D eigenvalue weighted by Gasteiger charge is 1.94. The van der Waals surface area contributed by atoms with Crippen LogP contribution >= 0.6 is 11.6 Å². The topological polar surface area (TPSA) is 14.1 Å². The average molecular weight is 279 g/mol. The van der Waals surface area contributed by atoms with Crippen LogP contribution in [0.4, 0.5) is 0 Å². The molecule has 0 aliphatic carbocycles. The summed E-state index contributed by atoms with van der Waals surface area (Å²) in [7, 11) is 0. The van der Waals surface area contributed by atoms with Gasteiger partial charge in [-0.2, -0.15) is 0 Å². The molecule has 0 amide bonds. The van der Waals surface area contributed by atoms with E-state index in [4.69, 9.17) is 11.6 Å². The Morgan fingerprint density at radius 1 is 1.32 bits per heavy atom. The number of hydrogen-bond acceptors (Lipinski definition) is 0. The van der Waals surface area contributed by atoms with E-state index in [-0.39, 0.29) is 0 Å². The van der Waals surface area contributed by atoms with Gasteiger partial charge in [0.25, 0.3) is 12.4 Å². The summed E-state index contributed by atoms with van der Waals surface area (Å²) in [5.41, 5.74) is 2.44. The van der Waals surface area contributed by atoms with Gasteiger partial charge in [-0.3, -0.25) is 0 Å². The van der Waals surface area contributed by atoms with E-state index in [2.05, 4.69) is 37.2 Å². The highest BCUT2D eigenvalue weighted by Crippen LogP contribution is 2.08. The van der Waals surface area contributed by atoms with E-state index in [9.17, 15) is 0 Å². The summed E-state index contributed by atoms with van der Waals surface area (Å²) in [6, 6.07) is 0. The second kappa shape index (κ2) is 11.8. The summed E-state index contributed by atoms with van der Waals surface area (Å²) < 4.78 is 4.10. The molecule has 104 valence electrons. The van der Waals surface area contributed by atoms with Gasteiger partial charge in [0.2, 0.25) is 0 Å². The van der Waals surface area contributed by atoms with Crippen molar-refractivity contribution >= 4 is 24.0 Å². The van der Waals surface area contributed by atoms with Gasteiger partial charge in [0.05, 0.1) is 5.57 Å². The van der Waals surface area contributed by atoms with E-state index in [0.717, 1.165) is 18.4 Å². The summed E-state index contributed by atoms with van der Waals surface area (Å²) in [4.78, 5) is 0. The molecule has 0 fully saturated rings. The smallest absolute Gasteiger partial charge is 0.105 e. The minimum absolute atomic E-state index is 0.515. The van der Waals surface area contributed by atoms with Crippen LogP contribution in [0.3, 0.4) is 0 Å². The van der Waals surface area contributed by atoms with Crippen molar-refractivity contribution < 1.29 is 0 Å². The first kappa shape index (κ1) is 17.7. The fraction of sp³-hybridized carbons (Fsp3) is 0.412. The van der Waals surface area contributed by atoms with Gasteiger partial charge in [-0.15, -0.1) is 4.67 Å². The summed E-state index contributed by atoms with van der Waals surface area (Å²) in [6.07, 6.45) is 16.3. The molecule has 0 radical (unpaired) electrons. The van der Waals surface area contributed by atoms with Gasteiger partial charge in [-0.1, -0.05) is 55.3 Å². The van der Waals surface area contributed by atoms with E-state index in [1.165, 1.54) is 18.4 Å². The van der Waals surface area contributed by atoms with Gasteiger partial charge < -0.3 is 0 Å². The summed E-state index contributed by atoms with van der Waals surface area (Å²) >= 11 is 5.78. The number of rotatable bonds is 8. The molecule has 0 saturated heterocycles. The van der Waals surface area contributed by atoms with E-state index >= 15 is 0 Å². The first-order valence-electron chi connectivity index (χ1n) is 6.79. The lowest BCUT2D eigenvalue weighted by Gasteiger charge is -1.96. The van der Waals surface area contributed by atoms with E-state index < -0.39 is 0 Å². The Kier molecular flexibility index (Phi) is 11.0. The molecule has 19 heavy (non-hydrogen) atoms. The van der Waals surface area contributed by atoms with Crippen LogP contribution < -0.4 is 4.67 Å². The van der Waals surface area contributed by atoms with Crippen molar-refractivity contribution in [2.45, 2.75) is 46.5 Å². The molecule has 0 aliphatic rings. The summed E-state index contributed by atoms with van der Waals surface area (Å²) in [6.45, 7) is 9.95. The van der Waals surface area contributed by atoms with Crippen LogP contribution in [-0.4, -0.2) is 12.4 Å². The second-order valence-corrected chi connectivity index (χ2v) is 4.89. The van der Waals surface area contributed by atoms with Gasteiger partial charge in [0, 0.05) is 12.0 Å². The van der Waals surface area contributed by atoms with Gasteiger partial charge in [-0.25, -0.2) is 0 Å². The highest BCUT2D eigenvalue weighted by atomic mass is 35.5. The molecule has 0 aromatic heterocycles. The lowest BCUT2D eigenvalue weighted by Crippen LogP contribution is -1.85. The van der Waals surface area contributed by atoms with Crippen LogP contribution in [-0.2, 0) is 0 Å². The van der Waals surface area contributed by atoms with Gasteiger partial charge in [0.1, 0.15) is 0 Å². The van der Waals surface area contributed by atoms with E-state index in [1.807, 2.05) is 19.1 Å². The lowest BCUT2D eigenvalue weighted by molar-refractivity contribution is 0.888. The number of nitrogens with zero attached hydrogens (tertiary/aromatic N) is 1. The van der Waals surface area contributed by atoms with Crippen molar-refractivity contribution in [3.05, 3.63) is 47.1 Å². The number of allylic oxidation sites excluding steroid dienone is 7. The van der Waals surface area contributed by atoms with E-state index in [0.29, 0.717) is 5.03 Å². The predicted octanol–water partition coefficient (Wildman–Crippen LogP) is 4.98. The first-order valence-corrected chi connectivity index (χ1v) is 7.17. The van der Waals surface area contributed by atoms with Gasteiger partial charge in [0.15, 0.2) is 0 Å². The zero-order valence-corrected chi connectivity index (χ0v) is 13.1. The fourth-order valence-electron chi connectivity index (χ4n) is 1.61. The minimum atomic E-state index is 0.515. The largest absolute Gasteiger partial charge is 0.299 e. The third-order valence-electron chi connectivity index (χ3n) is 2.48. The molecular weight excluding hydrogens is 254 g/mol. The van der Waals surface area contributed by atoms with Crippen molar-refractivity contribution in [2.75, 3.05) is 0 Å². The Morgan fingerprint density at radius 2 is 2.05 bits per heavy atom. The molecule has 0 atom stereocenters. The molecule has 0 aromatic carbocycles. The Labute approximate surface area is 122 Å². The van der Waals surface area contributed by atoms with Crippen molar-refractivity contribution in [3.8, 4) is 0 Å². The summed E-state index contributed by atoms with van der Waals surface area (Å²) in [5.74, 6) is 0. The molecule has 0 aliphatic heterocycles. The maximum absolute atomic E-state index is 5.78. The van der Waals surface area contributed by atoms with Crippen LogP contribution in [0.2, 0.25) is 0 Å². The molecule has 0 N–H and O–H groups in total. The quantitative estimate of drug-likeness (QED) is 0.196. The molecule has 0 rings (SSSR count). The molecule has 0 bridgehead atoms. The average Bonchev–Trinajstić information content (AvgIpc) is 2.35. The molecule has 2 heteroatoms. The maximum atomic E-state index is 5.78. The molecule has 0 saturated carbocycles. The van der Waals surface area contributed by atoms with Crippen molar-refractivity contribution in [1.82, 2.24) is 4.67 Å². The molecule has 0 spiro atoms. The van der Waals surface area contributed by atoms with Crippen LogP contribution in [0.1, 0.15) is 46.5 Å². The van der Waals surface area contributed by atoms with Crippen LogP contribution in [0, 0.1) is 0 Å². The summed E-state index contributed by atoms with van der Waals surface area (Å²) in [5, 5.41) is 0.515. The molecular formula is C17H25ClN+. The molecule has 0 unspecified atom stereocenters. The molecule has 1 nitrogen and oxygen atoms in total. The standard InChI is InChI=1S/C17H25ClN/c1-5-10-15(3)11-8-7-9-12-17(13-16(4)18)14-19-6-2/h6,9,11-14H,4-5,7-8,10H2,1-3H3/q+1/b12-9+,15-11-,17-13-. The van der Waals surface area contributed by atoms with Crippen molar-refractivity contribution in [1.29, 1.82) is 0 Å². The Morgan fingerprint density at radius 3 is 2.63 bits per heavy atom. The molecule has 0 heterocycles. The zero-order valence-electron chi connectivity index (χ0n) is 12.3. The Balaban J connectivity index is 4.38. The Bertz CT molecular complexity index is 419. The predicted molar refractivity (Wildman–Crippen MR) is 90.1 cm³/mol. The normalized spacial score (nSPS) is 12.4. The van der Waals surface area contributed by atoms with Crippen LogP contribution in [0.5, 0.6) is 0 Å². The molecule has 0 aromatic rings. The van der Waals surface area contributed by atoms with E-state index in [1.54, 1.807) is 12.4 Å². The van der Waals surface area contributed by atoms with Crippen molar-refractivity contribution in [2.24, 2.45) is 0 Å². The third-order valence-corrected chi connectivity index (χ3v) is 2.59. The highest BCUT2D eigenvalue weighted by molar-refractivity contribution is 6.31. The van der Waals surface area contributed by atoms with Crippen molar-refractivity contribution in [3.63, 3.8) is 0 Å². The monoisotopic (exact) mass is 278 g/mol. The van der Waals surface area contributed by atoms with Gasteiger partial charge in [-0.05, 0) is 32.3 Å².